The van der Waals surface area contributed by atoms with E-state index in [-0.39, 0.29) is 0 Å². The monoisotopic (exact) mass is 314 g/mol. The number of hydrogen-bond acceptors (Lipinski definition) is 0. The fourth-order valence-corrected chi connectivity index (χ4v) is 4.60. The van der Waals surface area contributed by atoms with Crippen molar-refractivity contribution in [3.05, 3.63) is 81.9 Å². The van der Waals surface area contributed by atoms with E-state index in [1.807, 2.05) is 0 Å². The lowest BCUT2D eigenvalue weighted by Crippen LogP contribution is -2.20. The molecule has 0 saturated heterocycles. The number of aryl methyl sites for hydroxylation is 4. The highest BCUT2D eigenvalue weighted by Crippen LogP contribution is 2.47. The van der Waals surface area contributed by atoms with E-state index in [2.05, 4.69) is 76.2 Å². The lowest BCUT2D eigenvalue weighted by molar-refractivity contribution is 0.556. The van der Waals surface area contributed by atoms with Crippen LogP contribution in [0, 0.1) is 39.5 Å². The first-order valence-electron chi connectivity index (χ1n) is 9.10. The summed E-state index contributed by atoms with van der Waals surface area (Å²) in [6.45, 7) is 8.81. The fourth-order valence-electron chi connectivity index (χ4n) is 4.60. The summed E-state index contributed by atoms with van der Waals surface area (Å²) in [7, 11) is 0. The van der Waals surface area contributed by atoms with Gasteiger partial charge in [-0.3, -0.25) is 0 Å². The largest absolute Gasteiger partial charge is 0.0726 e. The number of rotatable bonds is 2. The second-order valence-electron chi connectivity index (χ2n) is 7.79. The molecular weight excluding hydrogens is 288 g/mol. The molecule has 0 amide bonds. The molecular formula is C24H26. The molecule has 24 heavy (non-hydrogen) atoms. The molecule has 0 heterocycles. The molecule has 0 aliphatic heterocycles. The van der Waals surface area contributed by atoms with Gasteiger partial charge in [-0.15, -0.1) is 0 Å². The molecule has 0 radical (unpaired) electrons. The Balaban J connectivity index is 1.73. The molecule has 2 aromatic carbocycles. The zero-order valence-electron chi connectivity index (χ0n) is 15.2. The minimum absolute atomic E-state index is 0.576. The summed E-state index contributed by atoms with van der Waals surface area (Å²) < 4.78 is 0. The fraction of sp³-hybridized carbons (Fsp3) is 0.333. The highest BCUT2D eigenvalue weighted by atomic mass is 14.3. The number of fused-ring (bicyclic) bond motifs is 1. The van der Waals surface area contributed by atoms with Crippen molar-refractivity contribution < 1.29 is 0 Å². The molecule has 0 saturated carbocycles. The van der Waals surface area contributed by atoms with Crippen molar-refractivity contribution in [2.75, 3.05) is 0 Å². The molecule has 0 aromatic heterocycles. The van der Waals surface area contributed by atoms with Gasteiger partial charge in [0.15, 0.2) is 0 Å². The lowest BCUT2D eigenvalue weighted by Gasteiger charge is -2.36. The van der Waals surface area contributed by atoms with E-state index in [9.17, 15) is 0 Å². The van der Waals surface area contributed by atoms with Crippen LogP contribution in [0.4, 0.5) is 0 Å². The van der Waals surface area contributed by atoms with Crippen LogP contribution < -0.4 is 0 Å². The van der Waals surface area contributed by atoms with E-state index in [4.69, 9.17) is 0 Å². The Morgan fingerprint density at radius 1 is 0.542 bits per heavy atom. The molecule has 0 spiro atoms. The van der Waals surface area contributed by atoms with Crippen molar-refractivity contribution in [1.82, 2.24) is 0 Å². The SMILES string of the molecule is Cc1cc(C)cc(C2=C[C@@H]3CC[C@H]2C=C3c2cc(C)cc(C)c2)c1. The Morgan fingerprint density at radius 3 is 1.17 bits per heavy atom. The molecule has 3 aliphatic rings. The molecule has 2 aromatic rings. The molecule has 5 rings (SSSR count). The van der Waals surface area contributed by atoms with E-state index in [0.29, 0.717) is 11.8 Å². The first kappa shape index (κ1) is 15.4. The van der Waals surface area contributed by atoms with Gasteiger partial charge in [-0.1, -0.05) is 70.8 Å². The maximum atomic E-state index is 2.55. The smallest absolute Gasteiger partial charge is 0.00275 e. The van der Waals surface area contributed by atoms with E-state index in [0.717, 1.165) is 0 Å². The van der Waals surface area contributed by atoms with Gasteiger partial charge >= 0.3 is 0 Å². The van der Waals surface area contributed by atoms with Gasteiger partial charge in [0.05, 0.1) is 0 Å². The molecule has 0 fully saturated rings. The van der Waals surface area contributed by atoms with Gasteiger partial charge in [0.1, 0.15) is 0 Å². The van der Waals surface area contributed by atoms with Crippen molar-refractivity contribution >= 4 is 11.1 Å². The van der Waals surface area contributed by atoms with Crippen LogP contribution in [0.1, 0.15) is 46.2 Å². The van der Waals surface area contributed by atoms with Gasteiger partial charge < -0.3 is 0 Å². The Labute approximate surface area is 145 Å². The summed E-state index contributed by atoms with van der Waals surface area (Å²) in [5.74, 6) is 1.15. The standard InChI is InChI=1S/C24H26/c1-15-7-16(2)10-21(9-15)23-13-20-6-5-19(23)14-24(20)22-11-17(3)8-18(4)12-22/h7-14,19-20H,5-6H2,1-4H3/t19-,20-/m0/s1. The quantitative estimate of drug-likeness (QED) is 0.599. The van der Waals surface area contributed by atoms with Crippen molar-refractivity contribution in [3.8, 4) is 0 Å². The van der Waals surface area contributed by atoms with Gasteiger partial charge in [-0.25, -0.2) is 0 Å². The van der Waals surface area contributed by atoms with Crippen LogP contribution in [0.5, 0.6) is 0 Å². The molecule has 3 aliphatic carbocycles. The summed E-state index contributed by atoms with van der Waals surface area (Å²) in [6.07, 6.45) is 7.68. The summed E-state index contributed by atoms with van der Waals surface area (Å²) in [6, 6.07) is 13.9. The van der Waals surface area contributed by atoms with Gasteiger partial charge in [-0.2, -0.15) is 0 Å². The van der Waals surface area contributed by atoms with Gasteiger partial charge in [-0.05, 0) is 62.8 Å². The van der Waals surface area contributed by atoms with E-state index in [1.54, 1.807) is 11.1 Å². The predicted molar refractivity (Wildman–Crippen MR) is 104 cm³/mol. The third-order valence-electron chi connectivity index (χ3n) is 5.46. The molecule has 0 nitrogen and oxygen atoms in total. The van der Waals surface area contributed by atoms with Crippen LogP contribution in [0.15, 0.2) is 48.6 Å². The highest BCUT2D eigenvalue weighted by molar-refractivity contribution is 5.82. The summed E-state index contributed by atoms with van der Waals surface area (Å²) in [5.41, 5.74) is 11.4. The van der Waals surface area contributed by atoms with Crippen LogP contribution >= 0.6 is 0 Å². The second-order valence-corrected chi connectivity index (χ2v) is 7.79. The first-order valence-corrected chi connectivity index (χ1v) is 9.10. The third-order valence-corrected chi connectivity index (χ3v) is 5.46. The predicted octanol–water partition coefficient (Wildman–Crippen LogP) is 6.43. The normalized spacial score (nSPS) is 22.3. The van der Waals surface area contributed by atoms with Gasteiger partial charge in [0, 0.05) is 11.8 Å². The molecule has 2 bridgehead atoms. The maximum Gasteiger partial charge on any atom is 0.00275 e. The second kappa shape index (κ2) is 5.77. The summed E-state index contributed by atoms with van der Waals surface area (Å²) in [5, 5.41) is 0. The van der Waals surface area contributed by atoms with E-state index in [1.165, 1.54) is 46.2 Å². The van der Waals surface area contributed by atoms with Crippen molar-refractivity contribution in [1.29, 1.82) is 0 Å². The molecule has 0 N–H and O–H groups in total. The summed E-state index contributed by atoms with van der Waals surface area (Å²) >= 11 is 0. The topological polar surface area (TPSA) is 0 Å². The average molecular weight is 314 g/mol. The average Bonchev–Trinajstić information content (AvgIpc) is 2.53. The molecule has 0 heteroatoms. The maximum absolute atomic E-state index is 2.55. The number of benzene rings is 2. The molecule has 122 valence electrons. The highest BCUT2D eigenvalue weighted by Gasteiger charge is 2.31. The van der Waals surface area contributed by atoms with Crippen LogP contribution in [0.3, 0.4) is 0 Å². The van der Waals surface area contributed by atoms with Crippen LogP contribution in [0.25, 0.3) is 11.1 Å². The minimum Gasteiger partial charge on any atom is -0.0726 e. The molecule has 2 atom stereocenters. The Hall–Kier alpha value is -2.08. The zero-order chi connectivity index (χ0) is 16.8. The van der Waals surface area contributed by atoms with Crippen LogP contribution in [-0.4, -0.2) is 0 Å². The molecule has 0 unspecified atom stereocenters. The first-order chi connectivity index (χ1) is 11.5. The Bertz CT molecular complexity index is 750. The van der Waals surface area contributed by atoms with E-state index < -0.39 is 0 Å². The van der Waals surface area contributed by atoms with Crippen LogP contribution in [0.2, 0.25) is 0 Å². The van der Waals surface area contributed by atoms with Crippen LogP contribution in [-0.2, 0) is 0 Å². The number of allylic oxidation sites excluding steroid dienone is 4. The van der Waals surface area contributed by atoms with Crippen molar-refractivity contribution in [3.63, 3.8) is 0 Å². The third kappa shape index (κ3) is 2.75. The number of hydrogen-bond donors (Lipinski definition) is 0. The van der Waals surface area contributed by atoms with Gasteiger partial charge in [0.25, 0.3) is 0 Å². The van der Waals surface area contributed by atoms with Gasteiger partial charge in [0.2, 0.25) is 0 Å². The van der Waals surface area contributed by atoms with Crippen molar-refractivity contribution in [2.45, 2.75) is 40.5 Å². The Kier molecular flexibility index (Phi) is 3.72. The van der Waals surface area contributed by atoms with E-state index >= 15 is 0 Å². The van der Waals surface area contributed by atoms with Crippen molar-refractivity contribution in [2.24, 2.45) is 11.8 Å². The Morgan fingerprint density at radius 2 is 0.875 bits per heavy atom. The minimum atomic E-state index is 0.576. The lowest BCUT2D eigenvalue weighted by atomic mass is 9.69. The summed E-state index contributed by atoms with van der Waals surface area (Å²) in [4.78, 5) is 0. The zero-order valence-corrected chi connectivity index (χ0v) is 15.2.